The fourth-order valence-corrected chi connectivity index (χ4v) is 5.46. The lowest BCUT2D eigenvalue weighted by Gasteiger charge is -2.36. The molecule has 0 saturated carbocycles. The predicted molar refractivity (Wildman–Crippen MR) is 145 cm³/mol. The maximum absolute atomic E-state index is 13.2. The first kappa shape index (κ1) is 22.7. The fraction of sp³-hybridized carbons (Fsp3) is 0.290. The van der Waals surface area contributed by atoms with Crippen LogP contribution in [0.25, 0.3) is 22.0 Å². The lowest BCUT2D eigenvalue weighted by atomic mass is 9.85. The van der Waals surface area contributed by atoms with Crippen molar-refractivity contribution >= 4 is 22.2 Å². The highest BCUT2D eigenvalue weighted by Crippen LogP contribution is 2.39. The van der Waals surface area contributed by atoms with Gasteiger partial charge in [0.25, 0.3) is 0 Å². The minimum absolute atomic E-state index is 0.0499. The minimum atomic E-state index is 0.0499. The number of unbranched alkanes of at least 4 members (excludes halogenated alkanes) is 2. The van der Waals surface area contributed by atoms with Gasteiger partial charge in [-0.25, -0.2) is 0 Å². The van der Waals surface area contributed by atoms with Crippen LogP contribution in [0.1, 0.15) is 35.2 Å². The van der Waals surface area contributed by atoms with Crippen molar-refractivity contribution in [3.8, 4) is 17.0 Å². The molecule has 5 heteroatoms. The van der Waals surface area contributed by atoms with Gasteiger partial charge in [0.2, 0.25) is 0 Å². The van der Waals surface area contributed by atoms with Crippen LogP contribution in [0, 0.1) is 0 Å². The van der Waals surface area contributed by atoms with Gasteiger partial charge < -0.3 is 9.64 Å². The molecular formula is C31H31N3O2. The van der Waals surface area contributed by atoms with Gasteiger partial charge in [0.1, 0.15) is 5.75 Å². The van der Waals surface area contributed by atoms with E-state index in [-0.39, 0.29) is 5.78 Å². The summed E-state index contributed by atoms with van der Waals surface area (Å²) in [4.78, 5) is 22.9. The Hall–Kier alpha value is -3.70. The van der Waals surface area contributed by atoms with Crippen LogP contribution in [0.5, 0.6) is 5.75 Å². The molecule has 0 atom stereocenters. The molecular weight excluding hydrogens is 446 g/mol. The number of hydrogen-bond donors (Lipinski definition) is 0. The van der Waals surface area contributed by atoms with Crippen LogP contribution in [0.4, 0.5) is 5.69 Å². The zero-order chi connectivity index (χ0) is 24.3. The molecule has 0 unspecified atom stereocenters. The van der Waals surface area contributed by atoms with E-state index < -0.39 is 0 Å². The number of piperazine rings is 1. The van der Waals surface area contributed by atoms with Gasteiger partial charge in [-0.3, -0.25) is 14.7 Å². The first-order chi connectivity index (χ1) is 17.8. The Morgan fingerprint density at radius 2 is 1.56 bits per heavy atom. The number of rotatable bonds is 8. The van der Waals surface area contributed by atoms with Crippen LogP contribution >= 0.6 is 0 Å². The van der Waals surface area contributed by atoms with Crippen molar-refractivity contribution in [1.29, 1.82) is 0 Å². The number of carbonyl (C=O) groups excluding carboxylic acids is 1. The van der Waals surface area contributed by atoms with Crippen LogP contribution < -0.4 is 9.64 Å². The smallest absolute Gasteiger partial charge is 0.194 e. The van der Waals surface area contributed by atoms with Crippen LogP contribution in [-0.2, 0) is 0 Å². The number of para-hydroxylation sites is 1. The molecule has 4 aromatic rings. The van der Waals surface area contributed by atoms with E-state index in [0.717, 1.165) is 73.3 Å². The van der Waals surface area contributed by atoms with Crippen molar-refractivity contribution in [2.75, 3.05) is 44.2 Å². The van der Waals surface area contributed by atoms with Gasteiger partial charge in [-0.1, -0.05) is 42.5 Å². The van der Waals surface area contributed by atoms with Crippen molar-refractivity contribution in [3.63, 3.8) is 0 Å². The van der Waals surface area contributed by atoms with E-state index in [2.05, 4.69) is 45.1 Å². The van der Waals surface area contributed by atoms with E-state index in [1.54, 1.807) is 0 Å². The summed E-state index contributed by atoms with van der Waals surface area (Å²) in [6.45, 7) is 6.25. The summed E-state index contributed by atoms with van der Waals surface area (Å²) in [6.07, 6.45) is 5.15. The fourth-order valence-electron chi connectivity index (χ4n) is 5.46. The Labute approximate surface area is 212 Å². The van der Waals surface area contributed by atoms with Gasteiger partial charge in [-0.05, 0) is 61.5 Å². The third-order valence-corrected chi connectivity index (χ3v) is 7.39. The highest BCUT2D eigenvalue weighted by atomic mass is 16.5. The molecule has 1 aliphatic heterocycles. The number of carbonyl (C=O) groups is 1. The van der Waals surface area contributed by atoms with Crippen molar-refractivity contribution in [2.24, 2.45) is 0 Å². The summed E-state index contributed by atoms with van der Waals surface area (Å²) < 4.78 is 6.12. The van der Waals surface area contributed by atoms with Gasteiger partial charge >= 0.3 is 0 Å². The van der Waals surface area contributed by atoms with Crippen molar-refractivity contribution in [3.05, 3.63) is 90.1 Å². The molecule has 1 saturated heterocycles. The van der Waals surface area contributed by atoms with Gasteiger partial charge in [0, 0.05) is 60.1 Å². The number of benzene rings is 3. The molecule has 0 amide bonds. The summed E-state index contributed by atoms with van der Waals surface area (Å²) in [5.41, 5.74) is 4.53. The van der Waals surface area contributed by atoms with Crippen molar-refractivity contribution in [1.82, 2.24) is 9.88 Å². The SMILES string of the molecule is O=C1c2ccccc2-c2nccc3cc(OCCCCCN4CCN(c5ccccc5)CC4)cc1c23. The van der Waals surface area contributed by atoms with E-state index >= 15 is 0 Å². The molecule has 1 aromatic heterocycles. The first-order valence-corrected chi connectivity index (χ1v) is 13.0. The lowest BCUT2D eigenvalue weighted by Crippen LogP contribution is -2.46. The van der Waals surface area contributed by atoms with Crippen LogP contribution in [0.2, 0.25) is 0 Å². The number of ether oxygens (including phenoxy) is 1. The number of aromatic nitrogens is 1. The Morgan fingerprint density at radius 3 is 2.39 bits per heavy atom. The molecule has 0 spiro atoms. The molecule has 0 bridgehead atoms. The van der Waals surface area contributed by atoms with Gasteiger partial charge in [-0.15, -0.1) is 0 Å². The molecule has 0 radical (unpaired) electrons. The molecule has 5 nitrogen and oxygen atoms in total. The molecule has 2 aliphatic rings. The number of ketones is 1. The number of nitrogens with zero attached hydrogens (tertiary/aromatic N) is 3. The Morgan fingerprint density at radius 1 is 0.778 bits per heavy atom. The average Bonchev–Trinajstić information content (AvgIpc) is 2.94. The molecule has 36 heavy (non-hydrogen) atoms. The van der Waals surface area contributed by atoms with E-state index in [1.165, 1.54) is 12.1 Å². The second-order valence-corrected chi connectivity index (χ2v) is 9.68. The van der Waals surface area contributed by atoms with Gasteiger partial charge in [-0.2, -0.15) is 0 Å². The summed E-state index contributed by atoms with van der Waals surface area (Å²) >= 11 is 0. The third-order valence-electron chi connectivity index (χ3n) is 7.39. The quantitative estimate of drug-likeness (QED) is 0.264. The number of pyridine rings is 1. The van der Waals surface area contributed by atoms with Crippen LogP contribution in [0.3, 0.4) is 0 Å². The number of fused-ring (bicyclic) bond motifs is 2. The summed E-state index contributed by atoms with van der Waals surface area (Å²) in [6, 6.07) is 24.3. The Bertz CT molecular complexity index is 1380. The number of anilines is 1. The van der Waals surface area contributed by atoms with Crippen LogP contribution in [0.15, 0.2) is 79.0 Å². The maximum Gasteiger partial charge on any atom is 0.194 e. The van der Waals surface area contributed by atoms with Gasteiger partial charge in [0.15, 0.2) is 5.78 Å². The lowest BCUT2D eigenvalue weighted by molar-refractivity contribution is 0.103. The van der Waals surface area contributed by atoms with Crippen LogP contribution in [-0.4, -0.2) is 55.0 Å². The second-order valence-electron chi connectivity index (χ2n) is 9.68. The van der Waals surface area contributed by atoms with Crippen molar-refractivity contribution < 1.29 is 9.53 Å². The molecule has 1 fully saturated rings. The van der Waals surface area contributed by atoms with Crippen molar-refractivity contribution in [2.45, 2.75) is 19.3 Å². The zero-order valence-corrected chi connectivity index (χ0v) is 20.5. The minimum Gasteiger partial charge on any atom is -0.494 e. The van der Waals surface area contributed by atoms with E-state index in [1.807, 2.05) is 48.7 Å². The predicted octanol–water partition coefficient (Wildman–Crippen LogP) is 5.82. The highest BCUT2D eigenvalue weighted by Gasteiger charge is 2.26. The second kappa shape index (κ2) is 10.1. The Kier molecular flexibility index (Phi) is 6.39. The summed E-state index contributed by atoms with van der Waals surface area (Å²) in [5, 5.41) is 1.94. The highest BCUT2D eigenvalue weighted by molar-refractivity contribution is 6.25. The van der Waals surface area contributed by atoms with E-state index in [0.29, 0.717) is 17.7 Å². The molecule has 0 N–H and O–H groups in total. The standard InChI is InChI=1S/C31H31N3O2/c35-31-27-12-6-5-11-26(27)30-29-23(13-14-32-30)21-25(22-28(29)31)36-20-8-2-7-15-33-16-18-34(19-17-33)24-9-3-1-4-10-24/h1,3-6,9-14,21-22H,2,7-8,15-20H2. The first-order valence-electron chi connectivity index (χ1n) is 13.0. The normalized spacial score (nSPS) is 15.2. The topological polar surface area (TPSA) is 45.7 Å². The van der Waals surface area contributed by atoms with Gasteiger partial charge in [0.05, 0.1) is 12.3 Å². The van der Waals surface area contributed by atoms with E-state index in [4.69, 9.17) is 4.74 Å². The Balaban J connectivity index is 1.00. The van der Waals surface area contributed by atoms with E-state index in [9.17, 15) is 4.79 Å². The molecule has 2 heterocycles. The molecule has 3 aromatic carbocycles. The zero-order valence-electron chi connectivity index (χ0n) is 20.5. The molecule has 6 rings (SSSR count). The summed E-state index contributed by atoms with van der Waals surface area (Å²) in [7, 11) is 0. The number of hydrogen-bond acceptors (Lipinski definition) is 5. The largest absolute Gasteiger partial charge is 0.494 e. The maximum atomic E-state index is 13.2. The third kappa shape index (κ3) is 4.47. The molecule has 1 aliphatic carbocycles. The summed E-state index contributed by atoms with van der Waals surface area (Å²) in [5.74, 6) is 0.813. The monoisotopic (exact) mass is 477 g/mol. The molecule has 182 valence electrons. The average molecular weight is 478 g/mol.